The van der Waals surface area contributed by atoms with Crippen LogP contribution in [-0.2, 0) is 27.7 Å². The standard InChI is InChI=1S/C26H31F3N2O3.C5H12/c1-14(2)22-20-21(19-17(31-22)11-24(3,4)12-18(19)32)25(7-9-33-10-8-25)34-23(20)16-6-5-15(13-30-16)26(27,28)29;1-4-5(2)3/h5-6,13-14,18,23,32H,7-12H2,1-4H3;5H,4H2,1-3H3. The van der Waals surface area contributed by atoms with Gasteiger partial charge in [0.2, 0.25) is 0 Å². The van der Waals surface area contributed by atoms with E-state index in [1.807, 2.05) is 0 Å². The third-order valence-corrected chi connectivity index (χ3v) is 8.21. The number of pyridine rings is 2. The van der Waals surface area contributed by atoms with Crippen molar-refractivity contribution in [3.63, 3.8) is 0 Å². The first-order valence-corrected chi connectivity index (χ1v) is 14.2. The number of nitrogens with zero attached hydrogens (tertiary/aromatic N) is 2. The number of aliphatic hydroxyl groups excluding tert-OH is 1. The first-order valence-electron chi connectivity index (χ1n) is 14.2. The van der Waals surface area contributed by atoms with Gasteiger partial charge in [0.25, 0.3) is 0 Å². The van der Waals surface area contributed by atoms with Gasteiger partial charge in [-0.3, -0.25) is 9.97 Å². The van der Waals surface area contributed by atoms with Crippen molar-refractivity contribution in [3.8, 4) is 0 Å². The van der Waals surface area contributed by atoms with Crippen LogP contribution in [-0.4, -0.2) is 28.3 Å². The average molecular weight is 549 g/mol. The summed E-state index contributed by atoms with van der Waals surface area (Å²) in [7, 11) is 0. The molecule has 2 aliphatic heterocycles. The monoisotopic (exact) mass is 548 g/mol. The summed E-state index contributed by atoms with van der Waals surface area (Å²) in [6.07, 6.45) is -1.01. The van der Waals surface area contributed by atoms with Gasteiger partial charge in [-0.1, -0.05) is 54.9 Å². The fraction of sp³-hybridized carbons (Fsp3) is 0.677. The molecule has 39 heavy (non-hydrogen) atoms. The Kier molecular flexibility index (Phi) is 8.52. The van der Waals surface area contributed by atoms with Crippen molar-refractivity contribution >= 4 is 0 Å². The summed E-state index contributed by atoms with van der Waals surface area (Å²) < 4.78 is 51.9. The Morgan fingerprint density at radius 2 is 1.72 bits per heavy atom. The van der Waals surface area contributed by atoms with Crippen LogP contribution in [0.4, 0.5) is 13.2 Å². The van der Waals surface area contributed by atoms with Crippen LogP contribution in [0.5, 0.6) is 0 Å². The molecular formula is C31H43F3N2O3. The smallest absolute Gasteiger partial charge is 0.388 e. The first kappa shape index (κ1) is 29.9. The summed E-state index contributed by atoms with van der Waals surface area (Å²) in [6, 6.07) is 2.46. The first-order chi connectivity index (χ1) is 18.2. The molecule has 0 aromatic carbocycles. The Hall–Kier alpha value is -2.03. The molecule has 2 atom stereocenters. The van der Waals surface area contributed by atoms with Gasteiger partial charge in [-0.25, -0.2) is 0 Å². The van der Waals surface area contributed by atoms with Crippen LogP contribution in [0.15, 0.2) is 18.3 Å². The highest BCUT2D eigenvalue weighted by molar-refractivity contribution is 5.53. The van der Waals surface area contributed by atoms with Gasteiger partial charge in [0, 0.05) is 54.8 Å². The minimum absolute atomic E-state index is 0.0665. The Morgan fingerprint density at radius 3 is 2.23 bits per heavy atom. The second-order valence-electron chi connectivity index (χ2n) is 12.7. The molecule has 1 N–H and O–H groups in total. The van der Waals surface area contributed by atoms with Crippen LogP contribution in [0.1, 0.15) is 132 Å². The van der Waals surface area contributed by atoms with E-state index in [0.717, 1.165) is 52.7 Å². The largest absolute Gasteiger partial charge is 0.417 e. The molecule has 216 valence electrons. The summed E-state index contributed by atoms with van der Waals surface area (Å²) in [5.74, 6) is 0.951. The maximum Gasteiger partial charge on any atom is 0.417 e. The van der Waals surface area contributed by atoms with Crippen LogP contribution in [0.2, 0.25) is 0 Å². The summed E-state index contributed by atoms with van der Waals surface area (Å²) >= 11 is 0. The topological polar surface area (TPSA) is 64.5 Å². The highest BCUT2D eigenvalue weighted by Gasteiger charge is 2.52. The minimum atomic E-state index is -4.46. The third-order valence-electron chi connectivity index (χ3n) is 8.21. The lowest BCUT2D eigenvalue weighted by Crippen LogP contribution is -2.37. The molecule has 0 bridgehead atoms. The van der Waals surface area contributed by atoms with Gasteiger partial charge in [0.15, 0.2) is 0 Å². The van der Waals surface area contributed by atoms with Crippen molar-refractivity contribution in [1.29, 1.82) is 0 Å². The summed E-state index contributed by atoms with van der Waals surface area (Å²) in [4.78, 5) is 9.25. The van der Waals surface area contributed by atoms with Gasteiger partial charge in [-0.2, -0.15) is 13.2 Å². The number of aromatic nitrogens is 2. The molecule has 2 aromatic heterocycles. The SMILES string of the molecule is CC(C)c1nc2c(c3c1C(c1ccc(C(F)(F)F)cn1)OC31CCOCC1)C(O)CC(C)(C)C2.CCC(C)C. The third kappa shape index (κ3) is 6.03. The maximum atomic E-state index is 13.2. The molecule has 1 aliphatic carbocycles. The zero-order chi connectivity index (χ0) is 28.8. The van der Waals surface area contributed by atoms with Crippen molar-refractivity contribution in [2.24, 2.45) is 11.3 Å². The number of rotatable bonds is 3. The molecule has 8 heteroatoms. The van der Waals surface area contributed by atoms with E-state index in [2.05, 4.69) is 53.5 Å². The van der Waals surface area contributed by atoms with E-state index in [9.17, 15) is 18.3 Å². The number of halogens is 3. The van der Waals surface area contributed by atoms with Crippen LogP contribution in [0.3, 0.4) is 0 Å². The zero-order valence-electron chi connectivity index (χ0n) is 24.3. The molecule has 0 radical (unpaired) electrons. The molecule has 5 rings (SSSR count). The van der Waals surface area contributed by atoms with Gasteiger partial charge in [0.05, 0.1) is 23.0 Å². The van der Waals surface area contributed by atoms with Crippen molar-refractivity contribution in [3.05, 3.63) is 57.7 Å². The highest BCUT2D eigenvalue weighted by Crippen LogP contribution is 2.57. The number of hydrogen-bond donors (Lipinski definition) is 1. The van der Waals surface area contributed by atoms with E-state index in [1.165, 1.54) is 12.5 Å². The van der Waals surface area contributed by atoms with E-state index in [4.69, 9.17) is 14.5 Å². The molecule has 5 nitrogen and oxygen atoms in total. The lowest BCUT2D eigenvalue weighted by Gasteiger charge is -2.40. The zero-order valence-corrected chi connectivity index (χ0v) is 24.3. The van der Waals surface area contributed by atoms with E-state index >= 15 is 0 Å². The lowest BCUT2D eigenvalue weighted by atomic mass is 9.70. The molecule has 1 fully saturated rings. The molecule has 2 unspecified atom stereocenters. The van der Waals surface area contributed by atoms with Gasteiger partial charge in [-0.15, -0.1) is 0 Å². The quantitative estimate of drug-likeness (QED) is 0.424. The molecule has 2 aromatic rings. The minimum Gasteiger partial charge on any atom is -0.388 e. The predicted molar refractivity (Wildman–Crippen MR) is 144 cm³/mol. The Bertz CT molecular complexity index is 1150. The fourth-order valence-electron chi connectivity index (χ4n) is 5.87. The van der Waals surface area contributed by atoms with Gasteiger partial charge >= 0.3 is 6.18 Å². The van der Waals surface area contributed by atoms with E-state index in [1.54, 1.807) is 0 Å². The van der Waals surface area contributed by atoms with E-state index in [0.29, 0.717) is 38.2 Å². The van der Waals surface area contributed by atoms with Gasteiger partial charge in [0.1, 0.15) is 6.10 Å². The number of fused-ring (bicyclic) bond motifs is 4. The maximum absolute atomic E-state index is 13.2. The van der Waals surface area contributed by atoms with Crippen molar-refractivity contribution < 1.29 is 27.8 Å². The van der Waals surface area contributed by atoms with Crippen molar-refractivity contribution in [2.45, 2.75) is 110 Å². The summed E-state index contributed by atoms with van der Waals surface area (Å²) in [6.45, 7) is 16.1. The number of alkyl halides is 3. The number of aliphatic hydroxyl groups is 1. The van der Waals surface area contributed by atoms with E-state index < -0.39 is 29.5 Å². The molecule has 4 heterocycles. The molecule has 0 saturated carbocycles. The summed E-state index contributed by atoms with van der Waals surface area (Å²) in [5, 5.41) is 11.3. The Balaban J connectivity index is 0.000000648. The second kappa shape index (κ2) is 11.1. The second-order valence-corrected chi connectivity index (χ2v) is 12.7. The lowest BCUT2D eigenvalue weighted by molar-refractivity contribution is -0.138. The Labute approximate surface area is 230 Å². The fourth-order valence-corrected chi connectivity index (χ4v) is 5.87. The van der Waals surface area contributed by atoms with Gasteiger partial charge < -0.3 is 14.6 Å². The molecule has 1 spiro atoms. The molecular weight excluding hydrogens is 505 g/mol. The predicted octanol–water partition coefficient (Wildman–Crippen LogP) is 7.80. The van der Waals surface area contributed by atoms with Crippen LogP contribution in [0.25, 0.3) is 0 Å². The number of ether oxygens (including phenoxy) is 2. The van der Waals surface area contributed by atoms with E-state index in [-0.39, 0.29) is 11.3 Å². The van der Waals surface area contributed by atoms with Crippen molar-refractivity contribution in [1.82, 2.24) is 9.97 Å². The van der Waals surface area contributed by atoms with Crippen LogP contribution < -0.4 is 0 Å². The number of hydrogen-bond acceptors (Lipinski definition) is 5. The Morgan fingerprint density at radius 1 is 1.08 bits per heavy atom. The molecule has 1 saturated heterocycles. The molecule has 3 aliphatic rings. The van der Waals surface area contributed by atoms with Crippen LogP contribution in [0, 0.1) is 11.3 Å². The average Bonchev–Trinajstić information content (AvgIpc) is 3.16. The van der Waals surface area contributed by atoms with Gasteiger partial charge in [-0.05, 0) is 47.8 Å². The van der Waals surface area contributed by atoms with Crippen molar-refractivity contribution in [2.75, 3.05) is 13.2 Å². The summed E-state index contributed by atoms with van der Waals surface area (Å²) in [5.41, 5.74) is 3.32. The highest BCUT2D eigenvalue weighted by atomic mass is 19.4. The normalized spacial score (nSPS) is 23.4. The molecule has 0 amide bonds. The van der Waals surface area contributed by atoms with Crippen LogP contribution >= 0.6 is 0 Å².